The molecule has 0 heteroatoms. The van der Waals surface area contributed by atoms with E-state index in [2.05, 4.69) is 50.3 Å². The zero-order chi connectivity index (χ0) is 11.2. The molecule has 0 fully saturated rings. The van der Waals surface area contributed by atoms with Crippen molar-refractivity contribution in [3.8, 4) is 0 Å². The Kier molecular flexibility index (Phi) is 12.5. The van der Waals surface area contributed by atoms with E-state index in [0.717, 1.165) is 6.42 Å². The second kappa shape index (κ2) is 13.2. The van der Waals surface area contributed by atoms with Gasteiger partial charge in [-0.3, -0.25) is 0 Å². The molecule has 0 spiro atoms. The third-order valence-corrected chi connectivity index (χ3v) is 2.29. The molecule has 0 aliphatic carbocycles. The predicted molar refractivity (Wildman–Crippen MR) is 71.1 cm³/mol. The maximum atomic E-state index is 2.31. The third-order valence-electron chi connectivity index (χ3n) is 2.29. The van der Waals surface area contributed by atoms with E-state index in [0.29, 0.717) is 0 Å². The first kappa shape index (κ1) is 14.2. The van der Waals surface area contributed by atoms with Crippen LogP contribution < -0.4 is 0 Å². The lowest BCUT2D eigenvalue weighted by atomic mass is 10.1. The van der Waals surface area contributed by atoms with Crippen LogP contribution in [-0.4, -0.2) is 0 Å². The maximum absolute atomic E-state index is 2.31. The Hall–Kier alpha value is -0.780. The van der Waals surface area contributed by atoms with Gasteiger partial charge in [0.15, 0.2) is 0 Å². The van der Waals surface area contributed by atoms with Crippen LogP contribution in [0.4, 0.5) is 0 Å². The molecule has 0 rings (SSSR count). The van der Waals surface area contributed by atoms with Crippen LogP contribution >= 0.6 is 0 Å². The van der Waals surface area contributed by atoms with Gasteiger partial charge >= 0.3 is 0 Å². The molecule has 0 aromatic rings. The summed E-state index contributed by atoms with van der Waals surface area (Å²) >= 11 is 0. The van der Waals surface area contributed by atoms with E-state index in [9.17, 15) is 0 Å². The second-order valence-electron chi connectivity index (χ2n) is 3.82. The molecule has 0 saturated heterocycles. The fraction of sp³-hybridized carbons (Fsp3) is 0.600. The summed E-state index contributed by atoms with van der Waals surface area (Å²) in [6.45, 7) is 4.30. The molecule has 0 aromatic carbocycles. The van der Waals surface area contributed by atoms with E-state index in [1.54, 1.807) is 0 Å². The van der Waals surface area contributed by atoms with Gasteiger partial charge in [-0.1, -0.05) is 49.8 Å². The van der Waals surface area contributed by atoms with Crippen molar-refractivity contribution in [1.82, 2.24) is 0 Å². The quantitative estimate of drug-likeness (QED) is 0.349. The summed E-state index contributed by atoms with van der Waals surface area (Å²) in [5.41, 5.74) is 0. The minimum atomic E-state index is 1.11. The summed E-state index contributed by atoms with van der Waals surface area (Å²) in [6, 6.07) is 0. The lowest BCUT2D eigenvalue weighted by molar-refractivity contribution is 0.761. The highest BCUT2D eigenvalue weighted by Gasteiger charge is 1.82. The van der Waals surface area contributed by atoms with E-state index >= 15 is 0 Å². The predicted octanol–water partition coefficient (Wildman–Crippen LogP) is 5.43. The molecule has 0 unspecified atom stereocenters. The summed E-state index contributed by atoms with van der Waals surface area (Å²) in [6.07, 6.45) is 22.2. The van der Waals surface area contributed by atoms with Crippen LogP contribution in [0.15, 0.2) is 36.5 Å². The normalized spacial score (nSPS) is 12.4. The lowest BCUT2D eigenvalue weighted by Gasteiger charge is -1.92. The van der Waals surface area contributed by atoms with Gasteiger partial charge in [0.25, 0.3) is 0 Å². The Bertz CT molecular complexity index is 184. The van der Waals surface area contributed by atoms with Crippen molar-refractivity contribution < 1.29 is 0 Å². The first-order valence-electron chi connectivity index (χ1n) is 6.33. The Morgan fingerprint density at radius 2 is 1.33 bits per heavy atom. The number of hydrogen-bond acceptors (Lipinski definition) is 0. The molecule has 15 heavy (non-hydrogen) atoms. The van der Waals surface area contributed by atoms with Gasteiger partial charge in [-0.2, -0.15) is 0 Å². The molecule has 0 N–H and O–H groups in total. The van der Waals surface area contributed by atoms with Gasteiger partial charge in [0.05, 0.1) is 0 Å². The van der Waals surface area contributed by atoms with Crippen molar-refractivity contribution in [2.24, 2.45) is 0 Å². The Morgan fingerprint density at radius 3 is 1.93 bits per heavy atom. The topological polar surface area (TPSA) is 0 Å². The largest absolute Gasteiger partial charge is 0.0917 e. The van der Waals surface area contributed by atoms with E-state index < -0.39 is 0 Å². The van der Waals surface area contributed by atoms with Crippen molar-refractivity contribution in [2.45, 2.75) is 58.8 Å². The van der Waals surface area contributed by atoms with Gasteiger partial charge in [-0.25, -0.2) is 0 Å². The highest BCUT2D eigenvalue weighted by atomic mass is 13.9. The van der Waals surface area contributed by atoms with Gasteiger partial charge in [0.2, 0.25) is 0 Å². The molecule has 0 aliphatic heterocycles. The Balaban J connectivity index is 3.17. The van der Waals surface area contributed by atoms with E-state index in [-0.39, 0.29) is 0 Å². The van der Waals surface area contributed by atoms with Crippen LogP contribution in [0.3, 0.4) is 0 Å². The van der Waals surface area contributed by atoms with Crippen LogP contribution in [0.1, 0.15) is 58.8 Å². The molecule has 0 heterocycles. The van der Waals surface area contributed by atoms with E-state index in [1.807, 2.05) is 0 Å². The molecule has 0 aliphatic rings. The molecule has 0 amide bonds. The molecule has 0 aromatic heterocycles. The average Bonchev–Trinajstić information content (AvgIpc) is 2.26. The molecular formula is C15H26. The minimum Gasteiger partial charge on any atom is -0.0917 e. The van der Waals surface area contributed by atoms with Crippen molar-refractivity contribution >= 4 is 0 Å². The molecule has 0 atom stereocenters. The summed E-state index contributed by atoms with van der Waals surface area (Å²) in [5.74, 6) is 0. The summed E-state index contributed by atoms with van der Waals surface area (Å²) in [7, 11) is 0. The van der Waals surface area contributed by atoms with Gasteiger partial charge in [-0.05, 0) is 45.4 Å². The van der Waals surface area contributed by atoms with E-state index in [4.69, 9.17) is 0 Å². The monoisotopic (exact) mass is 206 g/mol. The van der Waals surface area contributed by atoms with Gasteiger partial charge in [0.1, 0.15) is 0 Å². The fourth-order valence-electron chi connectivity index (χ4n) is 1.36. The van der Waals surface area contributed by atoms with Crippen LogP contribution in [0.25, 0.3) is 0 Å². The highest BCUT2D eigenvalue weighted by molar-refractivity contribution is 4.92. The van der Waals surface area contributed by atoms with Crippen LogP contribution in [0, 0.1) is 0 Å². The molecule has 0 saturated carbocycles. The SMILES string of the molecule is C/C=C\CCCC/C=C\C/C=C\CCC. The lowest BCUT2D eigenvalue weighted by Crippen LogP contribution is -1.72. The summed E-state index contributed by atoms with van der Waals surface area (Å²) in [5, 5.41) is 0. The Labute approximate surface area is 95.8 Å². The number of unbranched alkanes of at least 4 members (excludes halogenated alkanes) is 4. The molecule has 0 bridgehead atoms. The fourth-order valence-corrected chi connectivity index (χ4v) is 1.36. The zero-order valence-corrected chi connectivity index (χ0v) is 10.4. The van der Waals surface area contributed by atoms with Gasteiger partial charge in [0, 0.05) is 0 Å². The first-order valence-corrected chi connectivity index (χ1v) is 6.33. The molecule has 0 nitrogen and oxygen atoms in total. The van der Waals surface area contributed by atoms with Crippen molar-refractivity contribution in [3.05, 3.63) is 36.5 Å². The minimum absolute atomic E-state index is 1.11. The molecule has 86 valence electrons. The number of allylic oxidation sites excluding steroid dienone is 6. The van der Waals surface area contributed by atoms with E-state index in [1.165, 1.54) is 38.5 Å². The zero-order valence-electron chi connectivity index (χ0n) is 10.4. The van der Waals surface area contributed by atoms with Crippen molar-refractivity contribution in [1.29, 1.82) is 0 Å². The number of rotatable bonds is 9. The summed E-state index contributed by atoms with van der Waals surface area (Å²) in [4.78, 5) is 0. The van der Waals surface area contributed by atoms with Crippen molar-refractivity contribution in [3.63, 3.8) is 0 Å². The standard InChI is InChI=1S/C15H26/c1-3-5-7-9-11-13-15-14-12-10-8-6-4-2/h3,5,8,10,14-15H,4,6-7,9,11-13H2,1-2H3/b5-3-,10-8-,15-14-. The van der Waals surface area contributed by atoms with Gasteiger partial charge < -0.3 is 0 Å². The highest BCUT2D eigenvalue weighted by Crippen LogP contribution is 2.02. The van der Waals surface area contributed by atoms with Crippen LogP contribution in [0.2, 0.25) is 0 Å². The maximum Gasteiger partial charge on any atom is -0.0169 e. The van der Waals surface area contributed by atoms with Crippen LogP contribution in [0.5, 0.6) is 0 Å². The summed E-state index contributed by atoms with van der Waals surface area (Å²) < 4.78 is 0. The smallest absolute Gasteiger partial charge is 0.0169 e. The van der Waals surface area contributed by atoms with Crippen molar-refractivity contribution in [2.75, 3.05) is 0 Å². The second-order valence-corrected chi connectivity index (χ2v) is 3.82. The number of hydrogen-bond donors (Lipinski definition) is 0. The molecule has 0 radical (unpaired) electrons. The average molecular weight is 206 g/mol. The van der Waals surface area contributed by atoms with Gasteiger partial charge in [-0.15, -0.1) is 0 Å². The Morgan fingerprint density at radius 1 is 0.733 bits per heavy atom. The first-order chi connectivity index (χ1) is 7.41. The molecular weight excluding hydrogens is 180 g/mol. The van der Waals surface area contributed by atoms with Crippen LogP contribution in [-0.2, 0) is 0 Å². The third kappa shape index (κ3) is 13.2.